The van der Waals surface area contributed by atoms with Gasteiger partial charge in [0.1, 0.15) is 23.6 Å². The Morgan fingerprint density at radius 1 is 0.938 bits per heavy atom. The Kier molecular flexibility index (Phi) is 7.07. The number of anilines is 1. The topological polar surface area (TPSA) is 67.8 Å². The lowest BCUT2D eigenvalue weighted by Gasteiger charge is -2.35. The minimum Gasteiger partial charge on any atom is -0.494 e. The van der Waals surface area contributed by atoms with E-state index in [1.165, 1.54) is 0 Å². The van der Waals surface area contributed by atoms with Crippen molar-refractivity contribution in [2.24, 2.45) is 0 Å². The van der Waals surface area contributed by atoms with Gasteiger partial charge in [-0.25, -0.2) is 9.97 Å². The number of aromatic nitrogens is 2. The average molecular weight is 453 g/mol. The van der Waals surface area contributed by atoms with Crippen LogP contribution in [0.15, 0.2) is 60.9 Å². The number of halogens is 1. The van der Waals surface area contributed by atoms with Crippen molar-refractivity contribution in [1.29, 1.82) is 0 Å². The van der Waals surface area contributed by atoms with Gasteiger partial charge in [-0.15, -0.1) is 0 Å². The molecule has 0 unspecified atom stereocenters. The van der Waals surface area contributed by atoms with Gasteiger partial charge in [0.25, 0.3) is 5.91 Å². The minimum atomic E-state index is -0.0302. The van der Waals surface area contributed by atoms with Gasteiger partial charge in [-0.05, 0) is 55.5 Å². The third kappa shape index (κ3) is 5.48. The molecule has 8 heteroatoms. The number of rotatable bonds is 7. The van der Waals surface area contributed by atoms with E-state index in [1.54, 1.807) is 30.6 Å². The molecule has 0 saturated carbocycles. The van der Waals surface area contributed by atoms with Crippen LogP contribution in [-0.2, 0) is 4.79 Å². The van der Waals surface area contributed by atoms with Crippen LogP contribution in [0.5, 0.6) is 11.5 Å². The molecule has 0 radical (unpaired) electrons. The second-order valence-corrected chi connectivity index (χ2v) is 7.77. The molecule has 2 heterocycles. The number of piperazine rings is 1. The molecule has 166 valence electrons. The van der Waals surface area contributed by atoms with Crippen LogP contribution in [0.25, 0.3) is 11.3 Å². The predicted octanol–water partition coefficient (Wildman–Crippen LogP) is 3.92. The van der Waals surface area contributed by atoms with Crippen molar-refractivity contribution in [3.05, 3.63) is 65.9 Å². The fourth-order valence-electron chi connectivity index (χ4n) is 3.52. The summed E-state index contributed by atoms with van der Waals surface area (Å²) in [5, 5.41) is 0.634. The lowest BCUT2D eigenvalue weighted by Crippen LogP contribution is -2.50. The Balaban J connectivity index is 1.32. The number of ether oxygens (including phenoxy) is 2. The van der Waals surface area contributed by atoms with Crippen LogP contribution in [-0.4, -0.2) is 60.2 Å². The van der Waals surface area contributed by atoms with Gasteiger partial charge in [0, 0.05) is 42.8 Å². The molecule has 2 aromatic carbocycles. The molecule has 1 aliphatic rings. The summed E-state index contributed by atoms with van der Waals surface area (Å²) in [6, 6.07) is 16.8. The van der Waals surface area contributed by atoms with Crippen molar-refractivity contribution in [3.63, 3.8) is 0 Å². The summed E-state index contributed by atoms with van der Waals surface area (Å²) >= 11 is 5.87. The van der Waals surface area contributed by atoms with Crippen molar-refractivity contribution >= 4 is 23.3 Å². The smallest absolute Gasteiger partial charge is 0.260 e. The summed E-state index contributed by atoms with van der Waals surface area (Å²) in [7, 11) is 0. The maximum Gasteiger partial charge on any atom is 0.260 e. The summed E-state index contributed by atoms with van der Waals surface area (Å²) in [4.78, 5) is 25.4. The fourth-order valence-corrected chi connectivity index (χ4v) is 3.64. The van der Waals surface area contributed by atoms with Crippen molar-refractivity contribution in [3.8, 4) is 22.8 Å². The second kappa shape index (κ2) is 10.3. The monoisotopic (exact) mass is 452 g/mol. The molecule has 0 spiro atoms. The fraction of sp³-hybridized carbons (Fsp3) is 0.292. The summed E-state index contributed by atoms with van der Waals surface area (Å²) in [5.41, 5.74) is 1.86. The highest BCUT2D eigenvalue weighted by atomic mass is 35.5. The lowest BCUT2D eigenvalue weighted by atomic mass is 10.1. The van der Waals surface area contributed by atoms with Crippen molar-refractivity contribution in [1.82, 2.24) is 14.9 Å². The van der Waals surface area contributed by atoms with E-state index in [9.17, 15) is 4.79 Å². The molecule has 1 amide bonds. The van der Waals surface area contributed by atoms with Gasteiger partial charge < -0.3 is 19.3 Å². The number of carbonyl (C=O) groups excluding carboxylic acids is 1. The van der Waals surface area contributed by atoms with Crippen molar-refractivity contribution in [2.75, 3.05) is 44.3 Å². The van der Waals surface area contributed by atoms with E-state index in [4.69, 9.17) is 21.1 Å². The molecule has 1 saturated heterocycles. The van der Waals surface area contributed by atoms with Crippen LogP contribution in [0.4, 0.5) is 5.82 Å². The van der Waals surface area contributed by atoms with E-state index >= 15 is 0 Å². The second-order valence-electron chi connectivity index (χ2n) is 7.33. The highest BCUT2D eigenvalue weighted by Crippen LogP contribution is 2.24. The van der Waals surface area contributed by atoms with E-state index in [2.05, 4.69) is 14.9 Å². The molecule has 0 atom stereocenters. The van der Waals surface area contributed by atoms with Crippen molar-refractivity contribution < 1.29 is 14.3 Å². The molecule has 1 aromatic heterocycles. The maximum absolute atomic E-state index is 12.5. The van der Waals surface area contributed by atoms with Gasteiger partial charge in [0.2, 0.25) is 0 Å². The van der Waals surface area contributed by atoms with Gasteiger partial charge in [-0.3, -0.25) is 4.79 Å². The van der Waals surface area contributed by atoms with Gasteiger partial charge in [0.05, 0.1) is 12.3 Å². The third-order valence-electron chi connectivity index (χ3n) is 5.25. The zero-order valence-corrected chi connectivity index (χ0v) is 18.7. The Hall–Kier alpha value is -3.32. The Labute approximate surface area is 192 Å². The molecule has 1 aliphatic heterocycles. The van der Waals surface area contributed by atoms with E-state index in [1.807, 2.05) is 42.2 Å². The quantitative estimate of drug-likeness (QED) is 0.541. The summed E-state index contributed by atoms with van der Waals surface area (Å²) < 4.78 is 11.1. The Morgan fingerprint density at radius 2 is 1.59 bits per heavy atom. The molecule has 32 heavy (non-hydrogen) atoms. The van der Waals surface area contributed by atoms with Crippen LogP contribution in [0.2, 0.25) is 5.02 Å². The summed E-state index contributed by atoms with van der Waals surface area (Å²) in [6.07, 6.45) is 1.58. The van der Waals surface area contributed by atoms with E-state index in [0.717, 1.165) is 22.8 Å². The zero-order valence-electron chi connectivity index (χ0n) is 17.9. The standard InChI is InChI=1S/C24H25ClN4O3/c1-2-31-20-7-3-18(4-8-20)22-15-23(27-17-26-22)28-11-13-29(14-12-28)24(30)16-32-21-9-5-19(25)6-10-21/h3-10,15,17H,2,11-14,16H2,1H3. The summed E-state index contributed by atoms with van der Waals surface area (Å²) in [5.74, 6) is 2.29. The highest BCUT2D eigenvalue weighted by Gasteiger charge is 2.22. The maximum atomic E-state index is 12.5. The number of hydrogen-bond donors (Lipinski definition) is 0. The normalized spacial score (nSPS) is 13.7. The van der Waals surface area contributed by atoms with Crippen molar-refractivity contribution in [2.45, 2.75) is 6.92 Å². The third-order valence-corrected chi connectivity index (χ3v) is 5.50. The molecule has 0 N–H and O–H groups in total. The number of nitrogens with zero attached hydrogens (tertiary/aromatic N) is 4. The van der Waals surface area contributed by atoms with E-state index in [0.29, 0.717) is 43.6 Å². The predicted molar refractivity (Wildman–Crippen MR) is 124 cm³/mol. The van der Waals surface area contributed by atoms with Gasteiger partial charge >= 0.3 is 0 Å². The SMILES string of the molecule is CCOc1ccc(-c2cc(N3CCN(C(=O)COc4ccc(Cl)cc4)CC3)ncn2)cc1. The van der Waals surface area contributed by atoms with Gasteiger partial charge in [-0.2, -0.15) is 0 Å². The van der Waals surface area contributed by atoms with Gasteiger partial charge in [0.15, 0.2) is 6.61 Å². The molecule has 0 aliphatic carbocycles. The first kappa shape index (κ1) is 21.9. The molecule has 3 aromatic rings. The molecular weight excluding hydrogens is 428 g/mol. The first-order chi connectivity index (χ1) is 15.6. The minimum absolute atomic E-state index is 0.0109. The molecule has 4 rings (SSSR count). The number of benzene rings is 2. The zero-order chi connectivity index (χ0) is 22.3. The largest absolute Gasteiger partial charge is 0.494 e. The first-order valence-corrected chi connectivity index (χ1v) is 11.0. The van der Waals surface area contributed by atoms with E-state index < -0.39 is 0 Å². The van der Waals surface area contributed by atoms with Crippen LogP contribution < -0.4 is 14.4 Å². The molecule has 1 fully saturated rings. The first-order valence-electron chi connectivity index (χ1n) is 10.6. The molecule has 0 bridgehead atoms. The van der Waals surface area contributed by atoms with Crippen LogP contribution >= 0.6 is 11.6 Å². The Bertz CT molecular complexity index is 1040. The van der Waals surface area contributed by atoms with Crippen LogP contribution in [0, 0.1) is 0 Å². The number of hydrogen-bond acceptors (Lipinski definition) is 6. The molecular formula is C24H25ClN4O3. The lowest BCUT2D eigenvalue weighted by molar-refractivity contribution is -0.133. The van der Waals surface area contributed by atoms with Crippen LogP contribution in [0.1, 0.15) is 6.92 Å². The van der Waals surface area contributed by atoms with Crippen LogP contribution in [0.3, 0.4) is 0 Å². The van der Waals surface area contributed by atoms with E-state index in [-0.39, 0.29) is 12.5 Å². The average Bonchev–Trinajstić information content (AvgIpc) is 2.84. The number of carbonyl (C=O) groups is 1. The van der Waals surface area contributed by atoms with Gasteiger partial charge in [-0.1, -0.05) is 11.6 Å². The highest BCUT2D eigenvalue weighted by molar-refractivity contribution is 6.30. The number of amides is 1. The molecule has 7 nitrogen and oxygen atoms in total. The Morgan fingerprint density at radius 3 is 2.28 bits per heavy atom. The summed E-state index contributed by atoms with van der Waals surface area (Å²) in [6.45, 7) is 5.25.